The van der Waals surface area contributed by atoms with Gasteiger partial charge in [0, 0.05) is 31.3 Å². The lowest BCUT2D eigenvalue weighted by Gasteiger charge is -2.19. The van der Waals surface area contributed by atoms with Crippen molar-refractivity contribution in [3.8, 4) is 0 Å². The molecular formula is C12H17N3O2. The number of H-pyrrole nitrogens is 1. The second kappa shape index (κ2) is 5.61. The smallest absolute Gasteiger partial charge is 0.222 e. The van der Waals surface area contributed by atoms with Crippen LogP contribution in [-0.4, -0.2) is 39.6 Å². The molecule has 2 heterocycles. The van der Waals surface area contributed by atoms with Gasteiger partial charge in [0.1, 0.15) is 0 Å². The summed E-state index contributed by atoms with van der Waals surface area (Å²) >= 11 is 0. The van der Waals surface area contributed by atoms with Gasteiger partial charge in [-0.2, -0.15) is 0 Å². The zero-order chi connectivity index (χ0) is 12.1. The van der Waals surface area contributed by atoms with Gasteiger partial charge in [-0.1, -0.05) is 0 Å². The zero-order valence-electron chi connectivity index (χ0n) is 9.82. The standard InChI is InChI=1S/C12H17N3O2/c16-11-4-1-5-12(17)15(8-11)6-2-3-10-7-13-9-14-10/h7,9H,1-6,8H2,(H,13,14). The number of nitrogens with zero attached hydrogens (tertiary/aromatic N) is 2. The highest BCUT2D eigenvalue weighted by Gasteiger charge is 2.20. The summed E-state index contributed by atoms with van der Waals surface area (Å²) < 4.78 is 0. The summed E-state index contributed by atoms with van der Waals surface area (Å²) in [6, 6.07) is 0. The molecular weight excluding hydrogens is 218 g/mol. The van der Waals surface area contributed by atoms with E-state index in [0.29, 0.717) is 32.4 Å². The monoisotopic (exact) mass is 235 g/mol. The predicted molar refractivity (Wildman–Crippen MR) is 62.3 cm³/mol. The highest BCUT2D eigenvalue weighted by molar-refractivity contribution is 5.88. The lowest BCUT2D eigenvalue weighted by Crippen LogP contribution is -2.34. The number of carbonyl (C=O) groups is 2. The van der Waals surface area contributed by atoms with Crippen LogP contribution in [0.5, 0.6) is 0 Å². The first-order valence-electron chi connectivity index (χ1n) is 6.02. The molecule has 1 fully saturated rings. The Morgan fingerprint density at radius 2 is 2.24 bits per heavy atom. The Bertz CT molecular complexity index is 386. The Labute approximate surface area is 100 Å². The Morgan fingerprint density at radius 3 is 3.00 bits per heavy atom. The molecule has 5 nitrogen and oxygen atoms in total. The minimum absolute atomic E-state index is 0.112. The molecule has 1 aliphatic heterocycles. The maximum atomic E-state index is 11.7. The first-order valence-corrected chi connectivity index (χ1v) is 6.02. The zero-order valence-corrected chi connectivity index (χ0v) is 9.82. The van der Waals surface area contributed by atoms with Gasteiger partial charge in [0.2, 0.25) is 5.91 Å². The number of likely N-dealkylation sites (tertiary alicyclic amines) is 1. The summed E-state index contributed by atoms with van der Waals surface area (Å²) in [6.07, 6.45) is 6.91. The van der Waals surface area contributed by atoms with Gasteiger partial charge in [0.05, 0.1) is 12.9 Å². The second-order valence-electron chi connectivity index (χ2n) is 4.39. The third kappa shape index (κ3) is 3.41. The van der Waals surface area contributed by atoms with Crippen LogP contribution < -0.4 is 0 Å². The molecule has 0 aromatic carbocycles. The summed E-state index contributed by atoms with van der Waals surface area (Å²) in [4.78, 5) is 31.8. The summed E-state index contributed by atoms with van der Waals surface area (Å²) in [5.74, 6) is 0.290. The number of aromatic nitrogens is 2. The van der Waals surface area contributed by atoms with Gasteiger partial charge in [-0.25, -0.2) is 4.98 Å². The molecule has 1 aromatic heterocycles. The molecule has 92 valence electrons. The number of amides is 1. The van der Waals surface area contributed by atoms with Gasteiger partial charge in [-0.15, -0.1) is 0 Å². The van der Waals surface area contributed by atoms with Crippen LogP contribution in [0.3, 0.4) is 0 Å². The fourth-order valence-corrected chi connectivity index (χ4v) is 2.06. The van der Waals surface area contributed by atoms with Crippen LogP contribution in [0.4, 0.5) is 0 Å². The predicted octanol–water partition coefficient (Wildman–Crippen LogP) is 0.924. The van der Waals surface area contributed by atoms with Crippen LogP contribution in [-0.2, 0) is 16.0 Å². The molecule has 0 unspecified atom stereocenters. The first-order chi connectivity index (χ1) is 8.25. The lowest BCUT2D eigenvalue weighted by molar-refractivity contribution is -0.133. The molecule has 1 saturated heterocycles. The quantitative estimate of drug-likeness (QED) is 0.844. The van der Waals surface area contributed by atoms with Crippen LogP contribution in [0.2, 0.25) is 0 Å². The van der Waals surface area contributed by atoms with E-state index in [-0.39, 0.29) is 11.7 Å². The number of aromatic amines is 1. The SMILES string of the molecule is O=C1CCCC(=O)N(CCCc2cnc[nH]2)C1. The van der Waals surface area contributed by atoms with Crippen molar-refractivity contribution < 1.29 is 9.59 Å². The molecule has 1 amide bonds. The number of rotatable bonds is 4. The maximum absolute atomic E-state index is 11.7. The maximum Gasteiger partial charge on any atom is 0.222 e. The first kappa shape index (κ1) is 11.8. The summed E-state index contributed by atoms with van der Waals surface area (Å²) in [5.41, 5.74) is 1.07. The van der Waals surface area contributed by atoms with Crippen molar-refractivity contribution in [2.24, 2.45) is 0 Å². The number of hydrogen-bond acceptors (Lipinski definition) is 3. The molecule has 1 N–H and O–H groups in total. The number of carbonyl (C=O) groups excluding carboxylic acids is 2. The van der Waals surface area contributed by atoms with E-state index in [0.717, 1.165) is 18.5 Å². The molecule has 2 rings (SSSR count). The van der Waals surface area contributed by atoms with Crippen molar-refractivity contribution in [2.45, 2.75) is 32.1 Å². The lowest BCUT2D eigenvalue weighted by atomic mass is 10.2. The van der Waals surface area contributed by atoms with Crippen molar-refractivity contribution in [1.29, 1.82) is 0 Å². The average Bonchev–Trinajstić information content (AvgIpc) is 2.75. The normalized spacial score (nSPS) is 17.3. The van der Waals surface area contributed by atoms with E-state index in [1.54, 1.807) is 17.4 Å². The topological polar surface area (TPSA) is 66.1 Å². The molecule has 1 aliphatic rings. The molecule has 0 aliphatic carbocycles. The fraction of sp³-hybridized carbons (Fsp3) is 0.583. The van der Waals surface area contributed by atoms with E-state index < -0.39 is 0 Å². The van der Waals surface area contributed by atoms with Gasteiger partial charge < -0.3 is 9.88 Å². The number of imidazole rings is 1. The molecule has 0 bridgehead atoms. The summed E-state index contributed by atoms with van der Waals surface area (Å²) in [7, 11) is 0. The third-order valence-electron chi connectivity index (χ3n) is 3.00. The van der Waals surface area contributed by atoms with Crippen molar-refractivity contribution >= 4 is 11.7 Å². The van der Waals surface area contributed by atoms with E-state index in [2.05, 4.69) is 9.97 Å². The summed E-state index contributed by atoms with van der Waals surface area (Å²) in [6.45, 7) is 0.950. The van der Waals surface area contributed by atoms with E-state index in [9.17, 15) is 9.59 Å². The fourth-order valence-electron chi connectivity index (χ4n) is 2.06. The van der Waals surface area contributed by atoms with E-state index in [1.807, 2.05) is 0 Å². The minimum atomic E-state index is 0.112. The van der Waals surface area contributed by atoms with Crippen molar-refractivity contribution in [3.63, 3.8) is 0 Å². The third-order valence-corrected chi connectivity index (χ3v) is 3.00. The molecule has 0 spiro atoms. The Morgan fingerprint density at radius 1 is 1.35 bits per heavy atom. The Hall–Kier alpha value is -1.65. The number of ketones is 1. The number of Topliss-reactive ketones (excluding diaryl/α,β-unsaturated/α-hetero) is 1. The van der Waals surface area contributed by atoms with E-state index in [4.69, 9.17) is 0 Å². The van der Waals surface area contributed by atoms with Crippen LogP contribution in [0.1, 0.15) is 31.4 Å². The molecule has 0 radical (unpaired) electrons. The number of nitrogens with one attached hydrogen (secondary N) is 1. The van der Waals surface area contributed by atoms with Crippen LogP contribution in [0.25, 0.3) is 0 Å². The van der Waals surface area contributed by atoms with Gasteiger partial charge in [-0.05, 0) is 19.3 Å². The van der Waals surface area contributed by atoms with Crippen LogP contribution >= 0.6 is 0 Å². The van der Waals surface area contributed by atoms with Crippen molar-refractivity contribution in [1.82, 2.24) is 14.9 Å². The van der Waals surface area contributed by atoms with Gasteiger partial charge in [0.15, 0.2) is 5.78 Å². The molecule has 17 heavy (non-hydrogen) atoms. The van der Waals surface area contributed by atoms with Gasteiger partial charge >= 0.3 is 0 Å². The van der Waals surface area contributed by atoms with Crippen LogP contribution in [0, 0.1) is 0 Å². The minimum Gasteiger partial charge on any atom is -0.348 e. The number of aryl methyl sites for hydroxylation is 1. The average molecular weight is 235 g/mol. The Kier molecular flexibility index (Phi) is 3.90. The van der Waals surface area contributed by atoms with Crippen molar-refractivity contribution in [3.05, 3.63) is 18.2 Å². The highest BCUT2D eigenvalue weighted by Crippen LogP contribution is 2.10. The molecule has 0 saturated carbocycles. The molecule has 1 aromatic rings. The van der Waals surface area contributed by atoms with Crippen molar-refractivity contribution in [2.75, 3.05) is 13.1 Å². The van der Waals surface area contributed by atoms with E-state index in [1.165, 1.54) is 0 Å². The molecule has 0 atom stereocenters. The Balaban J connectivity index is 1.80. The van der Waals surface area contributed by atoms with Crippen LogP contribution in [0.15, 0.2) is 12.5 Å². The van der Waals surface area contributed by atoms with Gasteiger partial charge in [-0.3, -0.25) is 9.59 Å². The van der Waals surface area contributed by atoms with E-state index >= 15 is 0 Å². The summed E-state index contributed by atoms with van der Waals surface area (Å²) in [5, 5.41) is 0. The largest absolute Gasteiger partial charge is 0.348 e. The second-order valence-corrected chi connectivity index (χ2v) is 4.39. The number of hydrogen-bond donors (Lipinski definition) is 1. The van der Waals surface area contributed by atoms with Gasteiger partial charge in [0.25, 0.3) is 0 Å². The molecule has 5 heteroatoms. The highest BCUT2D eigenvalue weighted by atomic mass is 16.2.